The molecule has 2 atom stereocenters. The monoisotopic (exact) mass is 830 g/mol. The molecule has 0 aliphatic carbocycles. The zero-order chi connectivity index (χ0) is 43.9. The van der Waals surface area contributed by atoms with Gasteiger partial charge in [-0.3, -0.25) is 19.8 Å². The minimum absolute atomic E-state index is 0.278. The van der Waals surface area contributed by atoms with E-state index in [1.807, 2.05) is 0 Å². The van der Waals surface area contributed by atoms with Crippen LogP contribution in [0.1, 0.15) is 104 Å². The summed E-state index contributed by atoms with van der Waals surface area (Å²) in [5, 5.41) is 18.9. The Morgan fingerprint density at radius 1 is 0.581 bits per heavy atom. The molecule has 0 saturated carbocycles. The van der Waals surface area contributed by atoms with Gasteiger partial charge >= 0.3 is 11.9 Å². The topological polar surface area (TPSA) is 113 Å². The number of aryl methyl sites for hydroxylation is 4. The number of carbonyl (C=O) groups is 2. The number of carboxylic acids is 2. The lowest BCUT2D eigenvalue weighted by molar-refractivity contribution is 0.0684. The number of pyridine rings is 2. The van der Waals surface area contributed by atoms with Crippen LogP contribution in [-0.2, 0) is 38.8 Å². The number of nitrogens with zero attached hydrogens (tertiary/aromatic N) is 6. The third-order valence-corrected chi connectivity index (χ3v) is 12.8. The molecular formula is C52H58N6O4. The minimum atomic E-state index is -0.891. The van der Waals surface area contributed by atoms with Gasteiger partial charge < -0.3 is 20.0 Å². The molecule has 0 unspecified atom stereocenters. The maximum atomic E-state index is 11.5. The smallest absolute Gasteiger partial charge is 0.336 e. The average Bonchev–Trinajstić information content (AvgIpc) is 3.79. The maximum absolute atomic E-state index is 11.5. The van der Waals surface area contributed by atoms with Crippen molar-refractivity contribution in [3.8, 4) is 0 Å². The summed E-state index contributed by atoms with van der Waals surface area (Å²) in [6.07, 6.45) is 11.6. The molecule has 10 heteroatoms. The molecule has 0 amide bonds. The lowest BCUT2D eigenvalue weighted by Gasteiger charge is -2.22. The maximum Gasteiger partial charge on any atom is 0.336 e. The Balaban J connectivity index is 0.000000186. The summed E-state index contributed by atoms with van der Waals surface area (Å²) in [4.78, 5) is 40.4. The summed E-state index contributed by atoms with van der Waals surface area (Å²) in [6, 6.07) is 34.6. The largest absolute Gasteiger partial charge is 0.478 e. The van der Waals surface area contributed by atoms with E-state index in [0.717, 1.165) is 49.9 Å². The van der Waals surface area contributed by atoms with Crippen molar-refractivity contribution >= 4 is 34.7 Å². The van der Waals surface area contributed by atoms with Crippen molar-refractivity contribution in [2.75, 3.05) is 38.0 Å². The third kappa shape index (κ3) is 9.72. The summed E-state index contributed by atoms with van der Waals surface area (Å²) in [6.45, 7) is 6.14. The van der Waals surface area contributed by atoms with E-state index in [2.05, 4.69) is 157 Å². The van der Waals surface area contributed by atoms with E-state index in [-0.39, 0.29) is 12.1 Å². The van der Waals surface area contributed by atoms with Crippen molar-refractivity contribution in [2.24, 2.45) is 0 Å². The van der Waals surface area contributed by atoms with E-state index in [9.17, 15) is 19.8 Å². The number of fused-ring (bicyclic) bond motifs is 2. The molecular weight excluding hydrogens is 773 g/mol. The third-order valence-electron chi connectivity index (χ3n) is 12.8. The second-order valence-electron chi connectivity index (χ2n) is 16.5. The number of benzene rings is 4. The summed E-state index contributed by atoms with van der Waals surface area (Å²) in [5.41, 5.74) is 15.0. The molecule has 2 aliphatic heterocycles. The second kappa shape index (κ2) is 19.6. The predicted octanol–water partition coefficient (Wildman–Crippen LogP) is 10.5. The van der Waals surface area contributed by atoms with Gasteiger partial charge in [0.1, 0.15) is 0 Å². The Morgan fingerprint density at radius 3 is 1.31 bits per heavy atom. The second-order valence-corrected chi connectivity index (χ2v) is 16.5. The van der Waals surface area contributed by atoms with E-state index >= 15 is 0 Å². The van der Waals surface area contributed by atoms with Crippen molar-refractivity contribution in [1.82, 2.24) is 19.8 Å². The van der Waals surface area contributed by atoms with Crippen LogP contribution in [0.15, 0.2) is 122 Å². The van der Waals surface area contributed by atoms with Gasteiger partial charge in [0.25, 0.3) is 0 Å². The van der Waals surface area contributed by atoms with Gasteiger partial charge in [0.2, 0.25) is 0 Å². The van der Waals surface area contributed by atoms with Crippen LogP contribution >= 0.6 is 0 Å². The molecule has 8 rings (SSSR count). The highest BCUT2D eigenvalue weighted by atomic mass is 16.4. The first kappa shape index (κ1) is 43.7. The first-order chi connectivity index (χ1) is 29.9. The average molecular weight is 831 g/mol. The van der Waals surface area contributed by atoms with Crippen molar-refractivity contribution in [2.45, 2.75) is 77.5 Å². The molecule has 0 radical (unpaired) electrons. The molecule has 0 bridgehead atoms. The first-order valence-electron chi connectivity index (χ1n) is 21.6. The van der Waals surface area contributed by atoms with Gasteiger partial charge in [0, 0.05) is 86.8 Å². The van der Waals surface area contributed by atoms with Crippen LogP contribution < -0.4 is 9.80 Å². The van der Waals surface area contributed by atoms with Crippen molar-refractivity contribution < 1.29 is 19.8 Å². The van der Waals surface area contributed by atoms with Gasteiger partial charge in [0.05, 0.1) is 11.1 Å². The fourth-order valence-corrected chi connectivity index (χ4v) is 8.97. The molecule has 2 aliphatic rings. The number of anilines is 4. The molecule has 4 heterocycles. The Labute approximate surface area is 366 Å². The number of rotatable bonds is 14. The van der Waals surface area contributed by atoms with Crippen molar-refractivity contribution in [3.05, 3.63) is 177 Å². The van der Waals surface area contributed by atoms with Crippen LogP contribution in [0.2, 0.25) is 0 Å². The molecule has 2 aromatic heterocycles. The van der Waals surface area contributed by atoms with E-state index in [1.54, 1.807) is 24.5 Å². The van der Waals surface area contributed by atoms with Crippen molar-refractivity contribution in [1.29, 1.82) is 0 Å². The predicted molar refractivity (Wildman–Crippen MR) is 248 cm³/mol. The molecule has 0 saturated heterocycles. The van der Waals surface area contributed by atoms with E-state index in [1.165, 1.54) is 68.5 Å². The number of hydrogen-bond donors (Lipinski definition) is 2. The summed E-state index contributed by atoms with van der Waals surface area (Å²) in [5.74, 6) is -1.78. The lowest BCUT2D eigenvalue weighted by atomic mass is 9.96. The minimum Gasteiger partial charge on any atom is -0.478 e. The molecule has 2 N–H and O–H groups in total. The Kier molecular flexibility index (Phi) is 13.8. The molecule has 4 aromatic carbocycles. The molecule has 320 valence electrons. The van der Waals surface area contributed by atoms with E-state index < -0.39 is 11.9 Å². The van der Waals surface area contributed by atoms with Crippen LogP contribution in [0.25, 0.3) is 0 Å². The molecule has 62 heavy (non-hydrogen) atoms. The number of aromatic carboxylic acids is 2. The zero-order valence-electron chi connectivity index (χ0n) is 36.8. The van der Waals surface area contributed by atoms with Crippen LogP contribution in [0, 0.1) is 0 Å². The zero-order valence-corrected chi connectivity index (χ0v) is 36.8. The normalized spacial score (nSPS) is 15.6. The van der Waals surface area contributed by atoms with Crippen LogP contribution in [-0.4, -0.2) is 70.1 Å². The van der Waals surface area contributed by atoms with E-state index in [4.69, 9.17) is 0 Å². The number of aromatic nitrogens is 2. The Morgan fingerprint density at radius 2 is 0.952 bits per heavy atom. The highest BCUT2D eigenvalue weighted by molar-refractivity contribution is 5.89. The molecule has 0 spiro atoms. The highest BCUT2D eigenvalue weighted by Gasteiger charge is 2.30. The Hall–Kier alpha value is -6.36. The van der Waals surface area contributed by atoms with Crippen LogP contribution in [0.5, 0.6) is 0 Å². The molecule has 10 nitrogen and oxygen atoms in total. The summed E-state index contributed by atoms with van der Waals surface area (Å²) >= 11 is 0. The first-order valence-corrected chi connectivity index (χ1v) is 21.6. The van der Waals surface area contributed by atoms with Gasteiger partial charge in [0.15, 0.2) is 0 Å². The highest BCUT2D eigenvalue weighted by Crippen LogP contribution is 2.40. The quantitative estimate of drug-likeness (QED) is 0.110. The lowest BCUT2D eigenvalue weighted by Crippen LogP contribution is -2.17. The number of hydrogen-bond acceptors (Lipinski definition) is 8. The van der Waals surface area contributed by atoms with Crippen molar-refractivity contribution in [3.63, 3.8) is 0 Å². The van der Waals surface area contributed by atoms with Gasteiger partial charge in [-0.25, -0.2) is 9.59 Å². The molecule has 0 fully saturated rings. The van der Waals surface area contributed by atoms with E-state index in [0.29, 0.717) is 24.0 Å². The fourth-order valence-electron chi connectivity index (χ4n) is 8.97. The number of carboxylic acid groups (broad SMARTS) is 2. The summed E-state index contributed by atoms with van der Waals surface area (Å²) in [7, 11) is 8.49. The van der Waals surface area contributed by atoms with Crippen LogP contribution in [0.4, 0.5) is 22.7 Å². The fraction of sp³-hybridized carbons (Fsp3) is 0.308. The van der Waals surface area contributed by atoms with Gasteiger partial charge in [-0.2, -0.15) is 0 Å². The van der Waals surface area contributed by atoms with Crippen LogP contribution in [0.3, 0.4) is 0 Å². The van der Waals surface area contributed by atoms with Gasteiger partial charge in [-0.1, -0.05) is 50.2 Å². The molecule has 6 aromatic rings. The Bertz CT molecular complexity index is 2330. The van der Waals surface area contributed by atoms with Gasteiger partial charge in [-0.15, -0.1) is 0 Å². The van der Waals surface area contributed by atoms with Gasteiger partial charge in [-0.05, 0) is 158 Å². The SMILES string of the molecule is CCc1ccc(N(C)c2ccc3c(c2)CN(C)[C@@H]3CCc2cnccc2C(=O)O)cc1.CCc1ccc(N(C)c2ccc3c(c2)CN(C)[C@H]3CCc2cnccc2C(=O)O)cc1. The summed E-state index contributed by atoms with van der Waals surface area (Å²) < 4.78 is 0. The standard InChI is InChI=1S/2C26H29N3O2/c2*1-4-18-5-8-21(9-6-18)29(3)22-10-11-23-20(15-22)17-28(2)25(23)12-7-19-16-27-14-13-24(19)26(30)31/h2*5-6,8-11,13-16,25H,4,7,12,17H2,1-3H3,(H,30,31)/t2*25-/m10/s1.